The minimum atomic E-state index is -0.915. The monoisotopic (exact) mass is 751 g/mol. The Kier molecular flexibility index (Phi) is 13.4. The number of ether oxygens (including phenoxy) is 2. The van der Waals surface area contributed by atoms with E-state index in [1.807, 2.05) is 49.4 Å². The highest BCUT2D eigenvalue weighted by molar-refractivity contribution is 5.75. The molecule has 1 aliphatic carbocycles. The van der Waals surface area contributed by atoms with E-state index >= 15 is 0 Å². The number of halogens is 1. The van der Waals surface area contributed by atoms with Crippen LogP contribution in [-0.4, -0.2) is 78.3 Å². The minimum Gasteiger partial charge on any atom is -1.00 e. The number of phenols is 1. The molecule has 3 heterocycles. The fourth-order valence-corrected chi connectivity index (χ4v) is 8.43. The van der Waals surface area contributed by atoms with Gasteiger partial charge in [0.05, 0.1) is 44.6 Å². The molecule has 3 aliphatic heterocycles. The van der Waals surface area contributed by atoms with Crippen LogP contribution in [0.15, 0.2) is 72.8 Å². The van der Waals surface area contributed by atoms with Gasteiger partial charge in [0.1, 0.15) is 29.7 Å². The van der Waals surface area contributed by atoms with Crippen molar-refractivity contribution in [1.29, 1.82) is 0 Å². The Balaban J connectivity index is 0.00000486. The van der Waals surface area contributed by atoms with Crippen molar-refractivity contribution in [2.75, 3.05) is 51.3 Å². The molecule has 4 fully saturated rings. The maximum absolute atomic E-state index is 12.0. The number of carbonyl (C=O) groups is 1. The van der Waals surface area contributed by atoms with Gasteiger partial charge < -0.3 is 56.9 Å². The van der Waals surface area contributed by atoms with E-state index in [1.54, 1.807) is 12.1 Å². The number of aliphatic hydroxyl groups excluding tert-OH is 1. The molecule has 1 amide bonds. The van der Waals surface area contributed by atoms with Crippen LogP contribution in [0.5, 0.6) is 11.5 Å². The van der Waals surface area contributed by atoms with E-state index in [0.29, 0.717) is 37.6 Å². The van der Waals surface area contributed by atoms with Crippen molar-refractivity contribution in [1.82, 2.24) is 5.32 Å². The van der Waals surface area contributed by atoms with Crippen LogP contribution in [0.3, 0.4) is 0 Å². The molecule has 10 heteroatoms. The zero-order valence-corrected chi connectivity index (χ0v) is 30.8. The standard InChI is InChI=1S/C40H53N3O6.BrH/c1-29(41-25-38(46)32-14-17-37(45)36(24-32)42-28-44)30-12-15-35(16-13-30)48-23-7-20-43-21-18-31(19-22-43)39(26-43)49-27-40(47,34-10-5-6-11-34)33-8-3-2-4-9-33;/h2-4,8-9,12-17,24,28-29,31,34,38-39,41,46-47H,5-7,10-11,18-23,25-27H2,1H3,(H-,42,44,45);1H/t29-,31?,38+,39+,40-,43?;/m1./s1. The Morgan fingerprint density at radius 2 is 1.68 bits per heavy atom. The van der Waals surface area contributed by atoms with E-state index in [9.17, 15) is 20.1 Å². The summed E-state index contributed by atoms with van der Waals surface area (Å²) in [4.78, 5) is 10.8. The molecule has 4 aliphatic rings. The zero-order chi connectivity index (χ0) is 34.3. The molecule has 7 rings (SSSR count). The van der Waals surface area contributed by atoms with Crippen LogP contribution >= 0.6 is 0 Å². The molecule has 9 nitrogen and oxygen atoms in total. The summed E-state index contributed by atoms with van der Waals surface area (Å²) in [6.45, 7) is 7.91. The zero-order valence-electron chi connectivity index (χ0n) is 29.2. The van der Waals surface area contributed by atoms with Crippen LogP contribution in [0, 0.1) is 11.8 Å². The number of quaternary nitrogens is 1. The van der Waals surface area contributed by atoms with E-state index in [-0.39, 0.29) is 46.5 Å². The van der Waals surface area contributed by atoms with E-state index in [4.69, 9.17) is 9.47 Å². The summed E-state index contributed by atoms with van der Waals surface area (Å²) in [6.07, 6.45) is 7.76. The number of nitrogens with zero attached hydrogens (tertiary/aromatic N) is 1. The third-order valence-corrected chi connectivity index (χ3v) is 11.5. The Hall–Kier alpha value is -2.99. The number of amides is 1. The Bertz CT molecular complexity index is 1500. The fraction of sp³-hybridized carbons (Fsp3) is 0.525. The van der Waals surface area contributed by atoms with Crippen molar-refractivity contribution >= 4 is 12.1 Å². The van der Waals surface area contributed by atoms with Gasteiger partial charge in [-0.3, -0.25) is 4.79 Å². The lowest BCUT2D eigenvalue weighted by Gasteiger charge is -2.53. The highest BCUT2D eigenvalue weighted by Crippen LogP contribution is 2.43. The van der Waals surface area contributed by atoms with E-state index in [2.05, 4.69) is 22.8 Å². The number of aliphatic hydroxyl groups is 2. The molecular weight excluding hydrogens is 698 g/mol. The Morgan fingerprint density at radius 3 is 2.38 bits per heavy atom. The molecule has 3 aromatic rings. The molecule has 3 saturated heterocycles. The van der Waals surface area contributed by atoms with Crippen LogP contribution in [0.4, 0.5) is 5.69 Å². The number of benzene rings is 3. The fourth-order valence-electron chi connectivity index (χ4n) is 8.43. The molecule has 272 valence electrons. The number of nitrogens with one attached hydrogen (secondary N) is 2. The molecule has 4 atom stereocenters. The highest BCUT2D eigenvalue weighted by Gasteiger charge is 2.48. The average molecular weight is 753 g/mol. The van der Waals surface area contributed by atoms with E-state index in [1.165, 1.54) is 44.8 Å². The Labute approximate surface area is 307 Å². The molecule has 5 N–H and O–H groups in total. The topological polar surface area (TPSA) is 120 Å². The summed E-state index contributed by atoms with van der Waals surface area (Å²) >= 11 is 0. The van der Waals surface area contributed by atoms with E-state index < -0.39 is 11.7 Å². The number of hydrogen-bond acceptors (Lipinski definition) is 7. The summed E-state index contributed by atoms with van der Waals surface area (Å²) in [6, 6.07) is 23.0. The van der Waals surface area contributed by atoms with E-state index in [0.717, 1.165) is 53.7 Å². The Morgan fingerprint density at radius 1 is 0.980 bits per heavy atom. The number of piperidine rings is 3. The summed E-state index contributed by atoms with van der Waals surface area (Å²) in [5.74, 6) is 1.65. The van der Waals surface area contributed by atoms with Gasteiger partial charge in [-0.25, -0.2) is 0 Å². The molecule has 0 aromatic heterocycles. The number of aromatic hydroxyl groups is 1. The summed E-state index contributed by atoms with van der Waals surface area (Å²) in [5.41, 5.74) is 2.03. The number of fused-ring (bicyclic) bond motifs is 3. The summed E-state index contributed by atoms with van der Waals surface area (Å²) in [7, 11) is 0. The molecule has 3 aromatic carbocycles. The first-order valence-corrected chi connectivity index (χ1v) is 18.2. The van der Waals surface area contributed by atoms with Crippen LogP contribution in [0.2, 0.25) is 0 Å². The normalized spacial score (nSPS) is 24.1. The first-order chi connectivity index (χ1) is 23.8. The number of carbonyl (C=O) groups excluding carboxylic acids is 1. The van der Waals surface area contributed by atoms with Crippen LogP contribution in [0.25, 0.3) is 0 Å². The second kappa shape index (κ2) is 17.5. The lowest BCUT2D eigenvalue weighted by molar-refractivity contribution is -0.946. The van der Waals surface area contributed by atoms with Crippen LogP contribution in [-0.2, 0) is 15.1 Å². The van der Waals surface area contributed by atoms with Gasteiger partial charge in [0.2, 0.25) is 6.41 Å². The van der Waals surface area contributed by atoms with Crippen molar-refractivity contribution < 1.29 is 51.1 Å². The second-order valence-electron chi connectivity index (χ2n) is 14.6. The number of phenolic OH excluding ortho intramolecular Hbond substituents is 1. The third-order valence-electron chi connectivity index (χ3n) is 11.5. The molecule has 0 spiro atoms. The predicted molar refractivity (Wildman–Crippen MR) is 190 cm³/mol. The van der Waals surface area contributed by atoms with Crippen molar-refractivity contribution in [2.24, 2.45) is 11.8 Å². The number of anilines is 1. The third kappa shape index (κ3) is 9.08. The maximum atomic E-state index is 12.0. The van der Waals surface area contributed by atoms with Gasteiger partial charge in [-0.1, -0.05) is 61.4 Å². The lowest BCUT2D eigenvalue weighted by atomic mass is 9.80. The van der Waals surface area contributed by atoms with Gasteiger partial charge in [-0.2, -0.15) is 0 Å². The molecule has 0 radical (unpaired) electrons. The van der Waals surface area contributed by atoms with Crippen molar-refractivity contribution in [2.45, 2.75) is 75.7 Å². The molecule has 0 unspecified atom stereocenters. The van der Waals surface area contributed by atoms with Crippen molar-refractivity contribution in [3.8, 4) is 11.5 Å². The van der Waals surface area contributed by atoms with Gasteiger partial charge in [0.15, 0.2) is 0 Å². The first kappa shape index (κ1) is 38.2. The predicted octanol–water partition coefficient (Wildman–Crippen LogP) is 2.82. The first-order valence-electron chi connectivity index (χ1n) is 18.2. The van der Waals surface area contributed by atoms with Crippen LogP contribution < -0.4 is 32.4 Å². The lowest BCUT2D eigenvalue weighted by Crippen LogP contribution is -3.00. The molecule has 50 heavy (non-hydrogen) atoms. The second-order valence-corrected chi connectivity index (χ2v) is 14.6. The largest absolute Gasteiger partial charge is 1.00 e. The number of hydrogen-bond donors (Lipinski definition) is 5. The molecule has 1 saturated carbocycles. The van der Waals surface area contributed by atoms with Gasteiger partial charge in [-0.05, 0) is 66.6 Å². The van der Waals surface area contributed by atoms with Gasteiger partial charge in [0, 0.05) is 37.8 Å². The van der Waals surface area contributed by atoms with Crippen molar-refractivity contribution in [3.63, 3.8) is 0 Å². The van der Waals surface area contributed by atoms with Gasteiger partial charge in [-0.15, -0.1) is 0 Å². The summed E-state index contributed by atoms with van der Waals surface area (Å²) < 4.78 is 14.0. The minimum absolute atomic E-state index is 0. The number of rotatable bonds is 17. The quantitative estimate of drug-likeness (QED) is 0.0624. The molecular formula is C40H54BrN3O6. The average Bonchev–Trinajstić information content (AvgIpc) is 3.70. The van der Waals surface area contributed by atoms with Crippen LogP contribution in [0.1, 0.15) is 80.7 Å². The molecule has 2 bridgehead atoms. The van der Waals surface area contributed by atoms with Gasteiger partial charge in [0.25, 0.3) is 0 Å². The van der Waals surface area contributed by atoms with Gasteiger partial charge >= 0.3 is 0 Å². The maximum Gasteiger partial charge on any atom is 0.211 e. The highest BCUT2D eigenvalue weighted by atomic mass is 79.9. The van der Waals surface area contributed by atoms with Crippen molar-refractivity contribution in [3.05, 3.63) is 89.5 Å². The smallest absolute Gasteiger partial charge is 0.211 e. The summed E-state index contributed by atoms with van der Waals surface area (Å²) in [5, 5.41) is 38.3. The SMILES string of the molecule is C[C@@H](NC[C@H](O)c1ccc(O)c(NC=O)c1)c1ccc(OCCC[N+]23CCC(CC2)[C@@H](OC[C@@](O)(c2ccccc2)C2CCCC2)C3)cc1.[Br-].